The Hall–Kier alpha value is -5.58. The van der Waals surface area contributed by atoms with Gasteiger partial charge in [-0.1, -0.05) is 109 Å². The van der Waals surface area contributed by atoms with Crippen molar-refractivity contribution >= 4 is 70.7 Å². The normalized spacial score (nSPS) is 13.6. The SMILES string of the molecule is C1=C(c2ccccc2)N=C(c2cccc3oc4ccc(-c5ccc6sc7ccccc7c6c5)cc4c23)N=C(c2ccccc2)C1. The van der Waals surface area contributed by atoms with Crippen LogP contribution in [0.5, 0.6) is 0 Å². The molecule has 0 spiro atoms. The summed E-state index contributed by atoms with van der Waals surface area (Å²) in [5.41, 5.74) is 9.05. The predicted octanol–water partition coefficient (Wildman–Crippen LogP) is 11.3. The molecule has 1 aliphatic heterocycles. The fourth-order valence-electron chi connectivity index (χ4n) is 6.37. The Bertz CT molecular complexity index is 2500. The highest BCUT2D eigenvalue weighted by molar-refractivity contribution is 7.25. The van der Waals surface area contributed by atoms with Crippen LogP contribution in [-0.2, 0) is 0 Å². The molecule has 0 aliphatic carbocycles. The molecule has 0 amide bonds. The minimum Gasteiger partial charge on any atom is -0.456 e. The van der Waals surface area contributed by atoms with Gasteiger partial charge in [0, 0.05) is 42.9 Å². The van der Waals surface area contributed by atoms with Crippen molar-refractivity contribution in [2.24, 2.45) is 9.98 Å². The third-order valence-electron chi connectivity index (χ3n) is 8.58. The zero-order valence-electron chi connectivity index (χ0n) is 24.3. The van der Waals surface area contributed by atoms with Gasteiger partial charge in [0.05, 0.1) is 11.4 Å². The van der Waals surface area contributed by atoms with Crippen molar-refractivity contribution in [2.75, 3.05) is 0 Å². The highest BCUT2D eigenvalue weighted by Gasteiger charge is 2.19. The maximum atomic E-state index is 6.43. The van der Waals surface area contributed by atoms with Crippen LogP contribution >= 0.6 is 11.3 Å². The van der Waals surface area contributed by atoms with Crippen molar-refractivity contribution < 1.29 is 4.42 Å². The van der Waals surface area contributed by atoms with E-state index in [1.165, 1.54) is 25.7 Å². The Balaban J connectivity index is 1.24. The molecule has 1 aliphatic rings. The molecule has 0 saturated carbocycles. The van der Waals surface area contributed by atoms with Crippen molar-refractivity contribution in [3.8, 4) is 11.1 Å². The number of furan rings is 1. The van der Waals surface area contributed by atoms with Crippen LogP contribution in [0.2, 0.25) is 0 Å². The number of amidine groups is 1. The van der Waals surface area contributed by atoms with Crippen LogP contribution in [0, 0.1) is 0 Å². The monoisotopic (exact) mass is 594 g/mol. The second-order valence-electron chi connectivity index (χ2n) is 11.3. The van der Waals surface area contributed by atoms with E-state index >= 15 is 0 Å². The lowest BCUT2D eigenvalue weighted by molar-refractivity contribution is 0.669. The quantitative estimate of drug-likeness (QED) is 0.200. The van der Waals surface area contributed by atoms with Crippen LogP contribution in [0.4, 0.5) is 0 Å². The smallest absolute Gasteiger partial charge is 0.160 e. The van der Waals surface area contributed by atoms with Gasteiger partial charge in [0.15, 0.2) is 5.84 Å². The second-order valence-corrected chi connectivity index (χ2v) is 12.4. The number of fused-ring (bicyclic) bond motifs is 6. The number of rotatable bonds is 4. The van der Waals surface area contributed by atoms with Crippen molar-refractivity contribution in [1.82, 2.24) is 0 Å². The van der Waals surface area contributed by atoms with E-state index in [2.05, 4.69) is 121 Å². The first-order valence-electron chi connectivity index (χ1n) is 15.1. The number of aliphatic imine (C=N–C) groups is 2. The molecule has 8 aromatic rings. The lowest BCUT2D eigenvalue weighted by atomic mass is 9.99. The third kappa shape index (κ3) is 4.50. The Morgan fingerprint density at radius 1 is 0.511 bits per heavy atom. The molecular weight excluding hydrogens is 569 g/mol. The number of hydrogen-bond acceptors (Lipinski definition) is 4. The Kier molecular flexibility index (Phi) is 6.06. The van der Waals surface area contributed by atoms with Gasteiger partial charge in [-0.25, -0.2) is 9.98 Å². The zero-order valence-corrected chi connectivity index (χ0v) is 25.1. The van der Waals surface area contributed by atoms with E-state index in [4.69, 9.17) is 14.4 Å². The van der Waals surface area contributed by atoms with Crippen LogP contribution in [0.3, 0.4) is 0 Å². The number of nitrogens with zero attached hydrogens (tertiary/aromatic N) is 2. The third-order valence-corrected chi connectivity index (χ3v) is 9.73. The van der Waals surface area contributed by atoms with E-state index in [1.807, 2.05) is 35.6 Å². The number of allylic oxidation sites excluding steroid dienone is 1. The van der Waals surface area contributed by atoms with Crippen LogP contribution in [-0.4, -0.2) is 11.5 Å². The predicted molar refractivity (Wildman–Crippen MR) is 191 cm³/mol. The summed E-state index contributed by atoms with van der Waals surface area (Å²) in [6.45, 7) is 0. The molecule has 212 valence electrons. The average molecular weight is 595 g/mol. The summed E-state index contributed by atoms with van der Waals surface area (Å²) in [5, 5.41) is 4.68. The molecule has 2 aromatic heterocycles. The van der Waals surface area contributed by atoms with E-state index in [-0.39, 0.29) is 0 Å². The molecule has 0 unspecified atom stereocenters. The largest absolute Gasteiger partial charge is 0.456 e. The fourth-order valence-corrected chi connectivity index (χ4v) is 7.46. The van der Waals surface area contributed by atoms with Crippen molar-refractivity contribution in [1.29, 1.82) is 0 Å². The van der Waals surface area contributed by atoms with Gasteiger partial charge in [0.2, 0.25) is 0 Å². The minimum absolute atomic E-state index is 0.686. The van der Waals surface area contributed by atoms with Crippen molar-refractivity contribution in [3.05, 3.63) is 162 Å². The molecule has 0 N–H and O–H groups in total. The van der Waals surface area contributed by atoms with E-state index in [0.29, 0.717) is 12.3 Å². The van der Waals surface area contributed by atoms with Gasteiger partial charge in [0.1, 0.15) is 11.2 Å². The van der Waals surface area contributed by atoms with Crippen LogP contribution in [0.25, 0.3) is 58.9 Å². The van der Waals surface area contributed by atoms with Crippen LogP contribution < -0.4 is 0 Å². The van der Waals surface area contributed by atoms with Crippen LogP contribution in [0.15, 0.2) is 160 Å². The molecule has 3 nitrogen and oxygen atoms in total. The van der Waals surface area contributed by atoms with E-state index in [1.54, 1.807) is 0 Å². The molecule has 0 saturated heterocycles. The van der Waals surface area contributed by atoms with Gasteiger partial charge in [0.25, 0.3) is 0 Å². The maximum absolute atomic E-state index is 6.43. The van der Waals surface area contributed by atoms with E-state index < -0.39 is 0 Å². The number of hydrogen-bond donors (Lipinski definition) is 0. The first-order valence-corrected chi connectivity index (χ1v) is 15.9. The molecule has 9 rings (SSSR count). The summed E-state index contributed by atoms with van der Waals surface area (Å²) >= 11 is 1.84. The number of thiophene rings is 1. The first-order chi connectivity index (χ1) is 22.3. The zero-order chi connectivity index (χ0) is 29.7. The Morgan fingerprint density at radius 3 is 2.07 bits per heavy atom. The molecule has 0 bridgehead atoms. The summed E-state index contributed by atoms with van der Waals surface area (Å²) in [4.78, 5) is 10.5. The van der Waals surface area contributed by atoms with Gasteiger partial charge in [-0.2, -0.15) is 0 Å². The highest BCUT2D eigenvalue weighted by Crippen LogP contribution is 2.39. The second kappa shape index (κ2) is 10.5. The van der Waals surface area contributed by atoms with E-state index in [0.717, 1.165) is 55.6 Å². The molecule has 4 heteroatoms. The van der Waals surface area contributed by atoms with Crippen LogP contribution in [0.1, 0.15) is 23.1 Å². The van der Waals surface area contributed by atoms with Gasteiger partial charge < -0.3 is 4.42 Å². The van der Waals surface area contributed by atoms with Gasteiger partial charge >= 0.3 is 0 Å². The number of benzene rings is 6. The molecule has 3 heterocycles. The van der Waals surface area contributed by atoms with Crippen molar-refractivity contribution in [3.63, 3.8) is 0 Å². The molecule has 0 radical (unpaired) electrons. The molecule has 45 heavy (non-hydrogen) atoms. The standard InChI is InChI=1S/C41H26N2OS/c1-3-10-26(11-4-1)34-20-21-35(27-12-5-2-6-13-27)43-41(42-34)31-15-9-16-37-40(31)33-25-28(18-22-36(33)44-37)29-19-23-39-32(24-29)30-14-7-8-17-38(30)45-39/h1-20,22-25H,21H2. The summed E-state index contributed by atoms with van der Waals surface area (Å²) in [6.07, 6.45) is 2.87. The minimum atomic E-state index is 0.686. The summed E-state index contributed by atoms with van der Waals surface area (Å²) in [7, 11) is 0. The Labute approximate surface area is 264 Å². The average Bonchev–Trinajstić information content (AvgIpc) is 3.58. The summed E-state index contributed by atoms with van der Waals surface area (Å²) in [6, 6.07) is 48.9. The van der Waals surface area contributed by atoms with Gasteiger partial charge in [-0.3, -0.25) is 0 Å². The highest BCUT2D eigenvalue weighted by atomic mass is 32.1. The lowest BCUT2D eigenvalue weighted by Crippen LogP contribution is -2.05. The maximum Gasteiger partial charge on any atom is 0.160 e. The van der Waals surface area contributed by atoms with Gasteiger partial charge in [-0.05, 0) is 58.7 Å². The Morgan fingerprint density at radius 2 is 1.22 bits per heavy atom. The molecule has 6 aromatic carbocycles. The molecular formula is C41H26N2OS. The van der Waals surface area contributed by atoms with E-state index in [9.17, 15) is 0 Å². The van der Waals surface area contributed by atoms with Gasteiger partial charge in [-0.15, -0.1) is 11.3 Å². The molecule has 0 fully saturated rings. The lowest BCUT2D eigenvalue weighted by Gasteiger charge is -2.07. The summed E-state index contributed by atoms with van der Waals surface area (Å²) < 4.78 is 9.05. The summed E-state index contributed by atoms with van der Waals surface area (Å²) in [5.74, 6) is 0.686. The topological polar surface area (TPSA) is 37.9 Å². The molecule has 0 atom stereocenters. The first kappa shape index (κ1) is 25.9. The van der Waals surface area contributed by atoms with Crippen molar-refractivity contribution in [2.45, 2.75) is 6.42 Å². The fraction of sp³-hybridized carbons (Fsp3) is 0.0244.